The Morgan fingerprint density at radius 1 is 0.531 bits per heavy atom. The lowest BCUT2D eigenvalue weighted by molar-refractivity contribution is 0.908. The molecule has 0 aliphatic carbocycles. The van der Waals surface area contributed by atoms with Crippen molar-refractivity contribution in [3.05, 3.63) is 181 Å². The van der Waals surface area contributed by atoms with E-state index in [0.717, 1.165) is 0 Å². The molecule has 0 N–H and O–H groups in total. The maximum absolute atomic E-state index is 9.41. The van der Waals surface area contributed by atoms with Crippen LogP contribution in [0.25, 0.3) is 82.8 Å². The van der Waals surface area contributed by atoms with E-state index in [0.29, 0.717) is 33.4 Å². The van der Waals surface area contributed by atoms with Crippen LogP contribution in [-0.4, -0.2) is 9.55 Å². The minimum atomic E-state index is -3.07. The topological polar surface area (TPSA) is 17.8 Å². The van der Waals surface area contributed by atoms with Gasteiger partial charge in [0, 0.05) is 18.9 Å². The van der Waals surface area contributed by atoms with Gasteiger partial charge in [0.2, 0.25) is 0 Å². The molecule has 0 amide bonds. The van der Waals surface area contributed by atoms with E-state index in [-0.39, 0.29) is 55.2 Å². The summed E-state index contributed by atoms with van der Waals surface area (Å²) < 4.78 is 158. The minimum absolute atomic E-state index is 0.00565. The van der Waals surface area contributed by atoms with Crippen molar-refractivity contribution in [2.75, 3.05) is 0 Å². The zero-order valence-electron chi connectivity index (χ0n) is 43.6. The SMILES string of the molecule is [2H]c1c([2H])c([2H])c(-c2cccc(-c3c4c([2H])c([2H])c([2H])c([2H])c4c(-c4cccc(-c5cccc(-n6c(C([2H])([2H])C([2H])([2H])[2H])nc7ccccc76)c5)c4)c4c([2H])c([2H])c([2H])c([2H])c34)c2)c([2H])c1[2H]. The summed E-state index contributed by atoms with van der Waals surface area (Å²) in [6.45, 7) is -3.07. The van der Waals surface area contributed by atoms with Crippen molar-refractivity contribution in [1.82, 2.24) is 9.55 Å². The van der Waals surface area contributed by atoms with Crippen LogP contribution in [0, 0.1) is 0 Å². The second kappa shape index (κ2) is 12.1. The molecule has 0 bridgehead atoms. The van der Waals surface area contributed by atoms with Crippen molar-refractivity contribution >= 4 is 32.6 Å². The third-order valence-corrected chi connectivity index (χ3v) is 8.58. The van der Waals surface area contributed by atoms with Gasteiger partial charge in [-0.25, -0.2) is 4.98 Å². The third kappa shape index (κ3) is 5.01. The van der Waals surface area contributed by atoms with Crippen LogP contribution in [0.15, 0.2) is 176 Å². The number of aryl methyl sites for hydroxylation is 1. The summed E-state index contributed by atoms with van der Waals surface area (Å²) in [5.41, 5.74) is 2.87. The highest BCUT2D eigenvalue weighted by molar-refractivity contribution is 6.21. The van der Waals surface area contributed by atoms with E-state index in [2.05, 4.69) is 4.98 Å². The van der Waals surface area contributed by atoms with Crippen LogP contribution in [0.3, 0.4) is 0 Å². The molecule has 49 heavy (non-hydrogen) atoms. The van der Waals surface area contributed by atoms with Crippen molar-refractivity contribution in [2.24, 2.45) is 0 Å². The van der Waals surface area contributed by atoms with E-state index < -0.39 is 91.8 Å². The van der Waals surface area contributed by atoms with Crippen LogP contribution < -0.4 is 0 Å². The highest BCUT2D eigenvalue weighted by Crippen LogP contribution is 2.44. The van der Waals surface area contributed by atoms with E-state index >= 15 is 0 Å². The molecule has 2 heteroatoms. The van der Waals surface area contributed by atoms with Crippen LogP contribution in [0.2, 0.25) is 0 Å². The number of nitrogens with zero attached hydrogens (tertiary/aromatic N) is 2. The van der Waals surface area contributed by atoms with E-state index in [9.17, 15) is 5.48 Å². The molecule has 2 nitrogen and oxygen atoms in total. The lowest BCUT2D eigenvalue weighted by atomic mass is 9.85. The number of rotatable bonds is 6. The van der Waals surface area contributed by atoms with Crippen LogP contribution in [0.4, 0.5) is 0 Å². The van der Waals surface area contributed by atoms with Crippen molar-refractivity contribution in [2.45, 2.75) is 13.2 Å². The quantitative estimate of drug-likeness (QED) is 0.165. The normalized spacial score (nSPS) is 17.2. The first-order chi connectivity index (χ1) is 31.6. The molecular formula is C47H34N2. The number of benzene rings is 8. The van der Waals surface area contributed by atoms with Gasteiger partial charge in [-0.05, 0) is 102 Å². The van der Waals surface area contributed by atoms with Gasteiger partial charge in [-0.3, -0.25) is 4.57 Å². The van der Waals surface area contributed by atoms with Crippen molar-refractivity contribution in [3.63, 3.8) is 0 Å². The van der Waals surface area contributed by atoms with Crippen molar-refractivity contribution < 1.29 is 24.7 Å². The summed E-state index contributed by atoms with van der Waals surface area (Å²) in [7, 11) is 0. The fraction of sp³-hybridized carbons (Fsp3) is 0.0426. The van der Waals surface area contributed by atoms with Gasteiger partial charge in [-0.2, -0.15) is 0 Å². The molecule has 9 aromatic rings. The number of aromatic nitrogens is 2. The molecule has 0 radical (unpaired) electrons. The Kier molecular flexibility index (Phi) is 3.89. The predicted octanol–water partition coefficient (Wildman–Crippen LogP) is 12.6. The molecule has 0 aliphatic rings. The Bertz CT molecular complexity index is 3480. The van der Waals surface area contributed by atoms with E-state index in [1.807, 2.05) is 0 Å². The smallest absolute Gasteiger partial charge is 0.114 e. The minimum Gasteiger partial charge on any atom is -0.296 e. The molecule has 0 atom stereocenters. The number of hydrogen-bond donors (Lipinski definition) is 0. The van der Waals surface area contributed by atoms with Gasteiger partial charge >= 0.3 is 0 Å². The Labute approximate surface area is 311 Å². The monoisotopic (exact) mass is 644 g/mol. The molecule has 1 heterocycles. The molecule has 0 spiro atoms. The summed E-state index contributed by atoms with van der Waals surface area (Å²) in [5, 5.41) is -0.322. The molecule has 9 rings (SSSR count). The Morgan fingerprint density at radius 3 is 1.65 bits per heavy atom. The summed E-state index contributed by atoms with van der Waals surface area (Å²) in [5.74, 6) is -0.334. The third-order valence-electron chi connectivity index (χ3n) is 8.58. The van der Waals surface area contributed by atoms with Crippen molar-refractivity contribution in [1.29, 1.82) is 0 Å². The van der Waals surface area contributed by atoms with E-state index in [1.165, 1.54) is 22.8 Å². The first kappa shape index (κ1) is 15.8. The van der Waals surface area contributed by atoms with Crippen LogP contribution in [-0.2, 0) is 6.37 Å². The number of hydrogen-bond acceptors (Lipinski definition) is 1. The molecule has 0 saturated heterocycles. The maximum Gasteiger partial charge on any atom is 0.114 e. The Morgan fingerprint density at radius 2 is 1.04 bits per heavy atom. The molecule has 0 saturated carbocycles. The lowest BCUT2D eigenvalue weighted by Crippen LogP contribution is -2.00. The largest absolute Gasteiger partial charge is 0.296 e. The van der Waals surface area contributed by atoms with Crippen LogP contribution in [0.1, 0.15) is 37.3 Å². The fourth-order valence-corrected chi connectivity index (χ4v) is 6.48. The van der Waals surface area contributed by atoms with Gasteiger partial charge in [-0.1, -0.05) is 146 Å². The van der Waals surface area contributed by atoms with E-state index in [4.69, 9.17) is 19.2 Å². The molecule has 1 aromatic heterocycles. The first-order valence-electron chi connectivity index (χ1n) is 24.4. The summed E-state index contributed by atoms with van der Waals surface area (Å²) >= 11 is 0. The van der Waals surface area contributed by atoms with E-state index in [1.54, 1.807) is 78.9 Å². The second-order valence-corrected chi connectivity index (χ2v) is 11.3. The zero-order valence-corrected chi connectivity index (χ0v) is 25.6. The Hall–Kier alpha value is -6.25. The van der Waals surface area contributed by atoms with Crippen molar-refractivity contribution in [3.8, 4) is 50.2 Å². The molecule has 0 fully saturated rings. The summed E-state index contributed by atoms with van der Waals surface area (Å²) in [4.78, 5) is 4.43. The van der Waals surface area contributed by atoms with Gasteiger partial charge in [0.1, 0.15) is 5.82 Å². The summed E-state index contributed by atoms with van der Waals surface area (Å²) in [6, 6.07) is 19.3. The molecule has 8 aromatic carbocycles. The highest BCUT2D eigenvalue weighted by atomic mass is 15.1. The highest BCUT2D eigenvalue weighted by Gasteiger charge is 2.18. The molecule has 232 valence electrons. The number of para-hydroxylation sites is 2. The number of fused-ring (bicyclic) bond motifs is 3. The molecular weight excluding hydrogens is 593 g/mol. The average Bonchev–Trinajstić information content (AvgIpc) is 3.72. The zero-order chi connectivity index (χ0) is 48.3. The molecule has 0 unspecified atom stereocenters. The van der Waals surface area contributed by atoms with Gasteiger partial charge in [0.25, 0.3) is 0 Å². The standard InChI is InChI=1S/C47H34N2/c1-2-45-48-43-27-10-11-28-44(43)49(45)38-22-14-19-35(31-38)34-18-13-21-37(30-34)47-41-25-8-6-23-39(41)46(40-24-7-9-26-42(40)47)36-20-12-17-33(29-36)32-15-4-3-5-16-32/h3-31H,2H2,1H3/i1D3,2D2,3D,4D,5D,6D,7D,8D,9D,15D,16D,23D,24D,25D,26D. The summed E-state index contributed by atoms with van der Waals surface area (Å²) in [6.07, 6.45) is -2.86. The van der Waals surface area contributed by atoms with Gasteiger partial charge in [-0.15, -0.1) is 0 Å². The first-order valence-corrected chi connectivity index (χ1v) is 15.4. The fourth-order valence-electron chi connectivity index (χ4n) is 6.48. The average molecular weight is 645 g/mol. The predicted molar refractivity (Wildman–Crippen MR) is 207 cm³/mol. The van der Waals surface area contributed by atoms with Gasteiger partial charge in [0.15, 0.2) is 0 Å². The lowest BCUT2D eigenvalue weighted by Gasteiger charge is -2.18. The number of imidazole rings is 1. The second-order valence-electron chi connectivity index (χ2n) is 11.3. The molecule has 0 aliphatic heterocycles. The Balaban J connectivity index is 1.35. The van der Waals surface area contributed by atoms with Crippen LogP contribution in [0.5, 0.6) is 0 Å². The van der Waals surface area contributed by atoms with Gasteiger partial charge < -0.3 is 0 Å². The maximum atomic E-state index is 9.41. The van der Waals surface area contributed by atoms with Crippen LogP contribution >= 0.6 is 0 Å². The van der Waals surface area contributed by atoms with Gasteiger partial charge in [0.05, 0.1) is 28.9 Å².